The predicted octanol–water partition coefficient (Wildman–Crippen LogP) is 2.78. The van der Waals surface area contributed by atoms with Gasteiger partial charge in [0.05, 0.1) is 21.3 Å². The molecule has 1 saturated heterocycles. The summed E-state index contributed by atoms with van der Waals surface area (Å²) >= 11 is 0. The monoisotopic (exact) mass is 448 g/mol. The van der Waals surface area contributed by atoms with Gasteiger partial charge in [-0.1, -0.05) is 0 Å². The molecule has 0 unspecified atom stereocenters. The third-order valence-electron chi connectivity index (χ3n) is 5.58. The number of sulfonamides is 1. The third kappa shape index (κ3) is 4.77. The van der Waals surface area contributed by atoms with Crippen molar-refractivity contribution in [3.63, 3.8) is 0 Å². The maximum atomic E-state index is 13.2. The summed E-state index contributed by atoms with van der Waals surface area (Å²) in [5.74, 6) is 1.15. The molecule has 0 aliphatic carbocycles. The average Bonchev–Trinajstić information content (AvgIpc) is 2.82. The van der Waals surface area contributed by atoms with Crippen LogP contribution in [0.25, 0.3) is 0 Å². The summed E-state index contributed by atoms with van der Waals surface area (Å²) in [6.45, 7) is 0.519. The Bertz CT molecular complexity index is 1010. The molecule has 0 N–H and O–H groups in total. The summed E-state index contributed by atoms with van der Waals surface area (Å²) in [7, 11) is 2.46. The second-order valence-electron chi connectivity index (χ2n) is 7.29. The Morgan fingerprint density at radius 3 is 2.06 bits per heavy atom. The second-order valence-corrected chi connectivity index (χ2v) is 9.20. The normalized spacial score (nSPS) is 15.4. The quantitative estimate of drug-likeness (QED) is 0.648. The minimum Gasteiger partial charge on any atom is -0.497 e. The van der Waals surface area contributed by atoms with Crippen LogP contribution in [0.15, 0.2) is 47.4 Å². The van der Waals surface area contributed by atoms with Crippen LogP contribution >= 0.6 is 0 Å². The first-order valence-corrected chi connectivity index (χ1v) is 11.4. The topological polar surface area (TPSA) is 85.4 Å². The Balaban J connectivity index is 1.70. The molecule has 2 aromatic rings. The van der Waals surface area contributed by atoms with E-state index in [-0.39, 0.29) is 35.6 Å². The van der Waals surface area contributed by atoms with Crippen molar-refractivity contribution in [2.45, 2.75) is 17.7 Å². The Hall–Kier alpha value is -2.78. The fourth-order valence-electron chi connectivity index (χ4n) is 3.67. The highest BCUT2D eigenvalue weighted by atomic mass is 32.2. The molecule has 3 rings (SSSR count). The van der Waals surface area contributed by atoms with E-state index in [2.05, 4.69) is 0 Å². The van der Waals surface area contributed by atoms with Gasteiger partial charge in [-0.3, -0.25) is 4.79 Å². The lowest BCUT2D eigenvalue weighted by molar-refractivity contribution is -0.123. The summed E-state index contributed by atoms with van der Waals surface area (Å²) < 4.78 is 43.4. The minimum absolute atomic E-state index is 0.0267. The van der Waals surface area contributed by atoms with Crippen LogP contribution in [-0.4, -0.2) is 60.1 Å². The molecule has 0 aromatic heterocycles. The van der Waals surface area contributed by atoms with Crippen molar-refractivity contribution in [1.82, 2.24) is 4.31 Å². The van der Waals surface area contributed by atoms with E-state index in [0.717, 1.165) is 11.4 Å². The first kappa shape index (κ1) is 22.9. The number of amides is 1. The van der Waals surface area contributed by atoms with Crippen LogP contribution in [0.3, 0.4) is 0 Å². The highest BCUT2D eigenvalue weighted by Gasteiger charge is 2.35. The van der Waals surface area contributed by atoms with Gasteiger partial charge in [-0.15, -0.1) is 0 Å². The first-order chi connectivity index (χ1) is 14.8. The number of ether oxygens (including phenoxy) is 3. The lowest BCUT2D eigenvalue weighted by atomic mass is 9.96. The molecule has 0 saturated carbocycles. The number of anilines is 1. The number of carbonyl (C=O) groups is 1. The molecule has 2 aromatic carbocycles. The number of piperidine rings is 1. The summed E-state index contributed by atoms with van der Waals surface area (Å²) in [5, 5.41) is 0. The van der Waals surface area contributed by atoms with E-state index in [9.17, 15) is 13.2 Å². The third-order valence-corrected chi connectivity index (χ3v) is 7.50. The van der Waals surface area contributed by atoms with E-state index >= 15 is 0 Å². The molecule has 1 aliphatic heterocycles. The van der Waals surface area contributed by atoms with Crippen molar-refractivity contribution >= 4 is 21.6 Å². The molecular formula is C22H28N2O6S. The summed E-state index contributed by atoms with van der Waals surface area (Å²) in [6, 6.07) is 11.9. The number of methoxy groups -OCH3 is 3. The zero-order chi connectivity index (χ0) is 22.6. The Morgan fingerprint density at radius 1 is 0.935 bits per heavy atom. The molecular weight excluding hydrogens is 420 g/mol. The van der Waals surface area contributed by atoms with Gasteiger partial charge in [0.15, 0.2) is 0 Å². The predicted molar refractivity (Wildman–Crippen MR) is 117 cm³/mol. The Labute approximate surface area is 183 Å². The van der Waals surface area contributed by atoms with Crippen LogP contribution in [-0.2, 0) is 14.8 Å². The van der Waals surface area contributed by atoms with Crippen LogP contribution in [0.4, 0.5) is 5.69 Å². The van der Waals surface area contributed by atoms with Crippen LogP contribution < -0.4 is 19.1 Å². The minimum atomic E-state index is -3.78. The maximum absolute atomic E-state index is 13.2. The van der Waals surface area contributed by atoms with Gasteiger partial charge in [0.1, 0.15) is 22.1 Å². The van der Waals surface area contributed by atoms with Crippen molar-refractivity contribution in [2.24, 2.45) is 5.92 Å². The van der Waals surface area contributed by atoms with Crippen molar-refractivity contribution < 1.29 is 27.4 Å². The lowest BCUT2D eigenvalue weighted by Gasteiger charge is -2.32. The number of hydrogen-bond donors (Lipinski definition) is 0. The molecule has 1 amide bonds. The van der Waals surface area contributed by atoms with E-state index in [1.807, 2.05) is 12.1 Å². The van der Waals surface area contributed by atoms with Gasteiger partial charge in [-0.05, 0) is 49.2 Å². The van der Waals surface area contributed by atoms with E-state index in [1.54, 1.807) is 43.3 Å². The van der Waals surface area contributed by atoms with E-state index in [4.69, 9.17) is 14.2 Å². The fourth-order valence-corrected chi connectivity index (χ4v) is 5.32. The number of nitrogens with zero attached hydrogens (tertiary/aromatic N) is 2. The standard InChI is InChI=1S/C22H28N2O6S/c1-23(17-5-7-18(28-2)8-6-17)22(25)16-11-13-24(14-12-16)31(26,27)21-15-19(29-3)9-10-20(21)30-4/h5-10,15-16H,11-14H2,1-4H3. The SMILES string of the molecule is COc1ccc(N(C)C(=O)C2CCN(S(=O)(=O)c3cc(OC)ccc3OC)CC2)cc1. The van der Waals surface area contributed by atoms with Gasteiger partial charge in [-0.2, -0.15) is 4.31 Å². The molecule has 1 heterocycles. The Kier molecular flexibility index (Phi) is 7.07. The average molecular weight is 449 g/mol. The molecule has 31 heavy (non-hydrogen) atoms. The maximum Gasteiger partial charge on any atom is 0.246 e. The molecule has 0 bridgehead atoms. The van der Waals surface area contributed by atoms with Crippen molar-refractivity contribution in [2.75, 3.05) is 46.4 Å². The number of benzene rings is 2. The van der Waals surface area contributed by atoms with Crippen LogP contribution in [0, 0.1) is 5.92 Å². The lowest BCUT2D eigenvalue weighted by Crippen LogP contribution is -2.43. The largest absolute Gasteiger partial charge is 0.497 e. The van der Waals surface area contributed by atoms with Crippen LogP contribution in [0.2, 0.25) is 0 Å². The fraction of sp³-hybridized carbons (Fsp3) is 0.409. The summed E-state index contributed by atoms with van der Waals surface area (Å²) in [5.41, 5.74) is 0.766. The molecule has 8 nitrogen and oxygen atoms in total. The number of rotatable bonds is 7. The molecule has 0 spiro atoms. The van der Waals surface area contributed by atoms with Crippen molar-refractivity contribution in [1.29, 1.82) is 0 Å². The van der Waals surface area contributed by atoms with E-state index < -0.39 is 10.0 Å². The van der Waals surface area contributed by atoms with Crippen LogP contribution in [0.5, 0.6) is 17.2 Å². The molecule has 1 aliphatic rings. The van der Waals surface area contributed by atoms with Crippen molar-refractivity contribution in [3.05, 3.63) is 42.5 Å². The molecule has 168 valence electrons. The van der Waals surface area contributed by atoms with Gasteiger partial charge in [0.2, 0.25) is 15.9 Å². The van der Waals surface area contributed by atoms with Gasteiger partial charge in [0, 0.05) is 37.8 Å². The highest BCUT2D eigenvalue weighted by Crippen LogP contribution is 2.33. The smallest absolute Gasteiger partial charge is 0.246 e. The van der Waals surface area contributed by atoms with E-state index in [0.29, 0.717) is 18.6 Å². The first-order valence-electron chi connectivity index (χ1n) is 9.95. The second kappa shape index (κ2) is 9.57. The Morgan fingerprint density at radius 2 is 1.52 bits per heavy atom. The highest BCUT2D eigenvalue weighted by molar-refractivity contribution is 7.89. The van der Waals surface area contributed by atoms with Gasteiger partial charge in [-0.25, -0.2) is 8.42 Å². The number of hydrogen-bond acceptors (Lipinski definition) is 6. The van der Waals surface area contributed by atoms with Gasteiger partial charge >= 0.3 is 0 Å². The zero-order valence-electron chi connectivity index (χ0n) is 18.2. The van der Waals surface area contributed by atoms with Gasteiger partial charge in [0.25, 0.3) is 0 Å². The number of carbonyl (C=O) groups excluding carboxylic acids is 1. The van der Waals surface area contributed by atoms with Gasteiger partial charge < -0.3 is 19.1 Å². The summed E-state index contributed by atoms with van der Waals surface area (Å²) in [6.07, 6.45) is 0.898. The van der Waals surface area contributed by atoms with Crippen LogP contribution in [0.1, 0.15) is 12.8 Å². The molecule has 9 heteroatoms. The zero-order valence-corrected chi connectivity index (χ0v) is 19.0. The van der Waals surface area contributed by atoms with E-state index in [1.165, 1.54) is 24.6 Å². The molecule has 1 fully saturated rings. The van der Waals surface area contributed by atoms with Crippen molar-refractivity contribution in [3.8, 4) is 17.2 Å². The molecule has 0 radical (unpaired) electrons. The molecule has 0 atom stereocenters. The summed E-state index contributed by atoms with van der Waals surface area (Å²) in [4.78, 5) is 14.6.